The number of halogens is 1. The maximum Gasteiger partial charge on any atom is 0.232 e. The Balaban J connectivity index is 1.15. The van der Waals surface area contributed by atoms with Crippen molar-refractivity contribution >= 4 is 22.9 Å². The number of rotatable bonds is 5. The molecule has 0 saturated heterocycles. The first kappa shape index (κ1) is 22.5. The van der Waals surface area contributed by atoms with Crippen LogP contribution in [0.3, 0.4) is 0 Å². The number of anilines is 1. The molecule has 0 radical (unpaired) electrons. The lowest BCUT2D eigenvalue weighted by atomic mass is 9.53. The van der Waals surface area contributed by atoms with E-state index >= 15 is 0 Å². The summed E-state index contributed by atoms with van der Waals surface area (Å²) in [6.45, 7) is 7.38. The molecule has 3 heterocycles. The van der Waals surface area contributed by atoms with Crippen LogP contribution in [0.5, 0.6) is 0 Å². The molecule has 0 aliphatic heterocycles. The van der Waals surface area contributed by atoms with Crippen LogP contribution in [0.15, 0.2) is 47.4 Å². The number of benzene rings is 1. The molecule has 0 spiro atoms. The van der Waals surface area contributed by atoms with Crippen LogP contribution in [0.1, 0.15) is 71.0 Å². The Kier molecular flexibility index (Phi) is 5.18. The van der Waals surface area contributed by atoms with Gasteiger partial charge in [0.1, 0.15) is 0 Å². The minimum Gasteiger partial charge on any atom is -0.384 e. The predicted molar refractivity (Wildman–Crippen MR) is 137 cm³/mol. The SMILES string of the molecule is CC(C)(C)c1noc(C23CCC(CNc4cccc(-c5cnn6cc(Cl)cnc56)c4)(CC2)CC3)n1. The third-order valence-electron chi connectivity index (χ3n) is 8.12. The summed E-state index contributed by atoms with van der Waals surface area (Å²) in [7, 11) is 0. The highest BCUT2D eigenvalue weighted by atomic mass is 35.5. The van der Waals surface area contributed by atoms with Crippen LogP contribution < -0.4 is 5.32 Å². The fraction of sp³-hybridized carbons (Fsp3) is 0.481. The molecule has 0 amide bonds. The highest BCUT2D eigenvalue weighted by molar-refractivity contribution is 6.30. The van der Waals surface area contributed by atoms with Crippen molar-refractivity contribution in [3.05, 3.63) is 59.6 Å². The second kappa shape index (κ2) is 8.05. The second-order valence-corrected chi connectivity index (χ2v) is 11.9. The predicted octanol–water partition coefficient (Wildman–Crippen LogP) is 6.43. The maximum atomic E-state index is 6.06. The standard InChI is InChI=1S/C27H31ClN6O/c1-25(2,3)23-32-24(35-33-23)27-10-7-26(8-11-27,9-12-27)17-30-20-6-4-5-18(13-20)21-15-31-34-16-19(28)14-29-22(21)34/h4-6,13-16,30H,7-12,17H2,1-3H3. The summed E-state index contributed by atoms with van der Waals surface area (Å²) in [5.41, 5.74) is 4.32. The van der Waals surface area contributed by atoms with E-state index in [2.05, 4.69) is 65.6 Å². The number of nitrogens with zero attached hydrogens (tertiary/aromatic N) is 5. The van der Waals surface area contributed by atoms with Gasteiger partial charge in [0.25, 0.3) is 0 Å². The zero-order chi connectivity index (χ0) is 24.3. The normalized spacial score (nSPS) is 24.2. The summed E-state index contributed by atoms with van der Waals surface area (Å²) in [6.07, 6.45) is 12.2. The maximum absolute atomic E-state index is 6.06. The topological polar surface area (TPSA) is 81.1 Å². The zero-order valence-corrected chi connectivity index (χ0v) is 21.3. The van der Waals surface area contributed by atoms with E-state index < -0.39 is 0 Å². The van der Waals surface area contributed by atoms with E-state index in [4.69, 9.17) is 21.1 Å². The van der Waals surface area contributed by atoms with Gasteiger partial charge in [-0.15, -0.1) is 0 Å². The van der Waals surface area contributed by atoms with Crippen molar-refractivity contribution in [2.24, 2.45) is 5.41 Å². The van der Waals surface area contributed by atoms with E-state index in [0.29, 0.717) is 10.4 Å². The van der Waals surface area contributed by atoms with Gasteiger partial charge in [-0.3, -0.25) is 0 Å². The van der Waals surface area contributed by atoms with E-state index in [0.717, 1.165) is 60.0 Å². The van der Waals surface area contributed by atoms with Crippen LogP contribution in [0.25, 0.3) is 16.8 Å². The molecule has 3 aliphatic carbocycles. The average Bonchev–Trinajstić information content (AvgIpc) is 3.52. The molecular weight excluding hydrogens is 460 g/mol. The highest BCUT2D eigenvalue weighted by Crippen LogP contribution is 2.57. The molecule has 8 heteroatoms. The molecule has 35 heavy (non-hydrogen) atoms. The molecule has 182 valence electrons. The highest BCUT2D eigenvalue weighted by Gasteiger charge is 2.52. The van der Waals surface area contributed by atoms with Gasteiger partial charge in [-0.2, -0.15) is 10.1 Å². The third kappa shape index (κ3) is 3.99. The van der Waals surface area contributed by atoms with Crippen LogP contribution in [-0.2, 0) is 10.8 Å². The van der Waals surface area contributed by atoms with Gasteiger partial charge in [-0.05, 0) is 61.6 Å². The fourth-order valence-electron chi connectivity index (χ4n) is 5.73. The van der Waals surface area contributed by atoms with Gasteiger partial charge in [0.15, 0.2) is 11.5 Å². The fourth-order valence-corrected chi connectivity index (χ4v) is 5.88. The van der Waals surface area contributed by atoms with Crippen molar-refractivity contribution in [2.75, 3.05) is 11.9 Å². The molecule has 3 aliphatic rings. The molecule has 1 N–H and O–H groups in total. The lowest BCUT2D eigenvalue weighted by Crippen LogP contribution is -2.47. The van der Waals surface area contributed by atoms with Crippen LogP contribution in [-0.4, -0.2) is 31.3 Å². The number of hydrogen-bond donors (Lipinski definition) is 1. The summed E-state index contributed by atoms with van der Waals surface area (Å²) in [4.78, 5) is 9.31. The Labute approximate surface area is 210 Å². The Hall–Kier alpha value is -2.93. The molecule has 3 fully saturated rings. The summed E-state index contributed by atoms with van der Waals surface area (Å²) >= 11 is 6.06. The summed E-state index contributed by atoms with van der Waals surface area (Å²) in [5, 5.41) is 13.0. The molecular formula is C27H31ClN6O. The Bertz CT molecular complexity index is 1360. The van der Waals surface area contributed by atoms with Gasteiger partial charge in [0, 0.05) is 34.8 Å². The first-order valence-electron chi connectivity index (χ1n) is 12.4. The minimum absolute atomic E-state index is 0.0670. The van der Waals surface area contributed by atoms with E-state index in [1.54, 1.807) is 16.9 Å². The summed E-state index contributed by atoms with van der Waals surface area (Å²) in [5.74, 6) is 1.68. The average molecular weight is 491 g/mol. The number of aromatic nitrogens is 5. The molecule has 0 atom stereocenters. The lowest BCUT2D eigenvalue weighted by Gasteiger charge is -2.52. The van der Waals surface area contributed by atoms with E-state index in [9.17, 15) is 0 Å². The first-order valence-corrected chi connectivity index (χ1v) is 12.8. The van der Waals surface area contributed by atoms with Gasteiger partial charge in [-0.25, -0.2) is 9.50 Å². The zero-order valence-electron chi connectivity index (χ0n) is 20.5. The second-order valence-electron chi connectivity index (χ2n) is 11.5. The Morgan fingerprint density at radius 3 is 2.57 bits per heavy atom. The molecule has 7 nitrogen and oxygen atoms in total. The molecule has 3 aromatic heterocycles. The Morgan fingerprint density at radius 2 is 1.86 bits per heavy atom. The van der Waals surface area contributed by atoms with Gasteiger partial charge < -0.3 is 9.84 Å². The van der Waals surface area contributed by atoms with E-state index in [-0.39, 0.29) is 10.8 Å². The van der Waals surface area contributed by atoms with Crippen LogP contribution in [0.4, 0.5) is 5.69 Å². The van der Waals surface area contributed by atoms with Gasteiger partial charge >= 0.3 is 0 Å². The van der Waals surface area contributed by atoms with Crippen LogP contribution in [0, 0.1) is 5.41 Å². The largest absolute Gasteiger partial charge is 0.384 e. The number of nitrogens with one attached hydrogen (secondary N) is 1. The van der Waals surface area contributed by atoms with Crippen LogP contribution in [0.2, 0.25) is 5.02 Å². The molecule has 1 aromatic carbocycles. The van der Waals surface area contributed by atoms with Gasteiger partial charge in [-0.1, -0.05) is 49.7 Å². The van der Waals surface area contributed by atoms with Crippen molar-refractivity contribution in [1.29, 1.82) is 0 Å². The van der Waals surface area contributed by atoms with Crippen molar-refractivity contribution in [3.8, 4) is 11.1 Å². The molecule has 4 aromatic rings. The molecule has 0 unspecified atom stereocenters. The van der Waals surface area contributed by atoms with Gasteiger partial charge in [0.2, 0.25) is 5.89 Å². The van der Waals surface area contributed by atoms with Crippen molar-refractivity contribution in [3.63, 3.8) is 0 Å². The minimum atomic E-state index is -0.0869. The first-order chi connectivity index (χ1) is 16.8. The van der Waals surface area contributed by atoms with Gasteiger partial charge in [0.05, 0.1) is 17.4 Å². The Morgan fingerprint density at radius 1 is 1.09 bits per heavy atom. The molecule has 2 bridgehead atoms. The van der Waals surface area contributed by atoms with E-state index in [1.165, 1.54) is 19.3 Å². The summed E-state index contributed by atoms with van der Waals surface area (Å²) in [6, 6.07) is 8.51. The summed E-state index contributed by atoms with van der Waals surface area (Å²) < 4.78 is 7.52. The lowest BCUT2D eigenvalue weighted by molar-refractivity contribution is 0.0322. The number of fused-ring (bicyclic) bond motifs is 4. The smallest absolute Gasteiger partial charge is 0.232 e. The van der Waals surface area contributed by atoms with E-state index in [1.807, 2.05) is 6.20 Å². The monoisotopic (exact) mass is 490 g/mol. The molecule has 3 saturated carbocycles. The van der Waals surface area contributed by atoms with Crippen molar-refractivity contribution < 1.29 is 4.52 Å². The van der Waals surface area contributed by atoms with Crippen LogP contribution >= 0.6 is 11.6 Å². The van der Waals surface area contributed by atoms with Crippen molar-refractivity contribution in [2.45, 2.75) is 70.1 Å². The van der Waals surface area contributed by atoms with Crippen molar-refractivity contribution in [1.82, 2.24) is 24.7 Å². The third-order valence-corrected chi connectivity index (χ3v) is 8.31. The quantitative estimate of drug-likeness (QED) is 0.347. The molecule has 7 rings (SSSR count). The number of hydrogen-bond acceptors (Lipinski definition) is 6.